The van der Waals surface area contributed by atoms with Crippen LogP contribution in [0.2, 0.25) is 36.3 Å². The van der Waals surface area contributed by atoms with Crippen molar-refractivity contribution in [2.75, 3.05) is 0 Å². The molecule has 0 unspecified atom stereocenters. The van der Waals surface area contributed by atoms with Crippen LogP contribution in [0.3, 0.4) is 0 Å². The van der Waals surface area contributed by atoms with Gasteiger partial charge in [-0.3, -0.25) is 0 Å². The molecule has 0 fully saturated rings. The number of aliphatic hydroxyl groups excluding tert-OH is 1. The Hall–Kier alpha value is -0.826. The third-order valence-electron chi connectivity index (χ3n) is 7.87. The molecule has 1 aromatic rings. The summed E-state index contributed by atoms with van der Waals surface area (Å²) < 4.78 is 13.5. The normalized spacial score (nSPS) is 15.9. The van der Waals surface area contributed by atoms with Crippen LogP contribution in [0.15, 0.2) is 12.1 Å². The predicted octanol–water partition coefficient (Wildman–Crippen LogP) is 7.78. The minimum Gasteiger partial charge on any atom is -0.543 e. The highest BCUT2D eigenvalue weighted by Gasteiger charge is 2.41. The third-order valence-corrected chi connectivity index (χ3v) is 16.6. The van der Waals surface area contributed by atoms with Crippen molar-refractivity contribution in [2.24, 2.45) is 0 Å². The molecule has 192 valence electrons. The topological polar surface area (TPSA) is 58.9 Å². The van der Waals surface area contributed by atoms with Gasteiger partial charge < -0.3 is 19.1 Å². The van der Waals surface area contributed by atoms with Crippen LogP contribution in [0.4, 0.5) is 0 Å². The fourth-order valence-electron chi connectivity index (χ4n) is 3.03. The second-order valence-electron chi connectivity index (χ2n) is 13.5. The van der Waals surface area contributed by atoms with Crippen LogP contribution in [0.5, 0.6) is 11.5 Å². The molecule has 33 heavy (non-hydrogen) atoms. The molecule has 0 amide bonds. The van der Waals surface area contributed by atoms with E-state index >= 15 is 0 Å². The highest BCUT2D eigenvalue weighted by molar-refractivity contribution is 6.75. The number of benzene rings is 1. The van der Waals surface area contributed by atoms with Gasteiger partial charge in [0.15, 0.2) is 0 Å². The van der Waals surface area contributed by atoms with Gasteiger partial charge in [0.2, 0.25) is 16.6 Å². The molecule has 4 nitrogen and oxygen atoms in total. The van der Waals surface area contributed by atoms with E-state index in [1.165, 1.54) is 0 Å². The van der Waals surface area contributed by atoms with Crippen molar-refractivity contribution in [3.8, 4) is 11.5 Å². The Bertz CT molecular complexity index is 796. The molecule has 0 saturated carbocycles. The lowest BCUT2D eigenvalue weighted by molar-refractivity contribution is -0.0525. The second-order valence-corrected chi connectivity index (χ2v) is 23.0. The lowest BCUT2D eigenvalue weighted by Crippen LogP contribution is -2.44. The molecule has 0 aliphatic heterocycles. The zero-order valence-electron chi connectivity index (χ0n) is 23.9. The maximum atomic E-state index is 10.4. The molecule has 0 heterocycles. The van der Waals surface area contributed by atoms with E-state index in [1.807, 2.05) is 0 Å². The standard InChI is InChI=1S/C27H52O4Si2/c1-19(15-16-24(28)27(9,10)29)21-18-22(30-32(11,12)25(3,4)5)20(2)17-23(21)31-33(13,14)26(6,7)8/h17-19,24,28-29H,15-16H2,1-14H3/t19-,24-/m0/s1. The lowest BCUT2D eigenvalue weighted by Gasteiger charge is -2.39. The summed E-state index contributed by atoms with van der Waals surface area (Å²) in [6.07, 6.45) is 0.510. The van der Waals surface area contributed by atoms with Crippen molar-refractivity contribution in [3.05, 3.63) is 23.3 Å². The maximum absolute atomic E-state index is 10.4. The Balaban J connectivity index is 3.45. The monoisotopic (exact) mass is 496 g/mol. The van der Waals surface area contributed by atoms with Gasteiger partial charge in [0.1, 0.15) is 11.5 Å². The first kappa shape index (κ1) is 30.2. The maximum Gasteiger partial charge on any atom is 0.250 e. The van der Waals surface area contributed by atoms with E-state index in [-0.39, 0.29) is 16.0 Å². The molecule has 2 N–H and O–H groups in total. The van der Waals surface area contributed by atoms with Gasteiger partial charge in [0.05, 0.1) is 11.7 Å². The highest BCUT2D eigenvalue weighted by atomic mass is 28.4. The SMILES string of the molecule is Cc1cc(O[Si](C)(C)C(C)(C)C)c([C@@H](C)CC[C@H](O)C(C)(C)O)cc1O[Si](C)(C)C(C)(C)C. The van der Waals surface area contributed by atoms with Gasteiger partial charge in [-0.05, 0) is 99.1 Å². The first-order valence-electron chi connectivity index (χ1n) is 12.4. The average molecular weight is 497 g/mol. The largest absolute Gasteiger partial charge is 0.543 e. The Kier molecular flexibility index (Phi) is 9.19. The molecule has 0 aromatic heterocycles. The third kappa shape index (κ3) is 7.84. The molecule has 1 aromatic carbocycles. The zero-order valence-corrected chi connectivity index (χ0v) is 25.9. The van der Waals surface area contributed by atoms with E-state index in [0.29, 0.717) is 6.42 Å². The van der Waals surface area contributed by atoms with Crippen LogP contribution < -0.4 is 8.85 Å². The number of aliphatic hydroxyl groups is 2. The Morgan fingerprint density at radius 3 is 1.61 bits per heavy atom. The average Bonchev–Trinajstić information content (AvgIpc) is 2.58. The molecular formula is C27H52O4Si2. The molecule has 2 atom stereocenters. The van der Waals surface area contributed by atoms with Crippen molar-refractivity contribution < 1.29 is 19.1 Å². The zero-order chi connectivity index (χ0) is 26.2. The molecule has 0 spiro atoms. The number of aryl methyl sites for hydroxylation is 1. The van der Waals surface area contributed by atoms with Crippen molar-refractivity contribution in [2.45, 2.75) is 136 Å². The van der Waals surface area contributed by atoms with Gasteiger partial charge in [-0.25, -0.2) is 0 Å². The molecule has 0 aliphatic carbocycles. The molecule has 0 saturated heterocycles. The molecular weight excluding hydrogens is 444 g/mol. The summed E-state index contributed by atoms with van der Waals surface area (Å²) >= 11 is 0. The van der Waals surface area contributed by atoms with E-state index in [0.717, 1.165) is 29.0 Å². The van der Waals surface area contributed by atoms with Gasteiger partial charge in [-0.1, -0.05) is 48.5 Å². The van der Waals surface area contributed by atoms with E-state index in [4.69, 9.17) is 8.85 Å². The second kappa shape index (κ2) is 10.0. The van der Waals surface area contributed by atoms with Gasteiger partial charge in [0, 0.05) is 0 Å². The molecule has 1 rings (SSSR count). The quantitative estimate of drug-likeness (QED) is 0.343. The van der Waals surface area contributed by atoms with Gasteiger partial charge >= 0.3 is 0 Å². The van der Waals surface area contributed by atoms with E-state index in [9.17, 15) is 10.2 Å². The molecule has 0 bridgehead atoms. The van der Waals surface area contributed by atoms with Crippen molar-refractivity contribution in [3.63, 3.8) is 0 Å². The fraction of sp³-hybridized carbons (Fsp3) is 0.778. The van der Waals surface area contributed by atoms with Gasteiger partial charge in [-0.2, -0.15) is 0 Å². The van der Waals surface area contributed by atoms with Gasteiger partial charge in [-0.15, -0.1) is 0 Å². The molecule has 6 heteroatoms. The Labute approximate surface area is 206 Å². The summed E-state index contributed by atoms with van der Waals surface area (Å²) in [6.45, 7) is 30.2. The summed E-state index contributed by atoms with van der Waals surface area (Å²) in [6, 6.07) is 4.33. The number of rotatable bonds is 9. The minimum atomic E-state index is -2.04. The van der Waals surface area contributed by atoms with Crippen LogP contribution in [0, 0.1) is 6.92 Å². The molecule has 0 aliphatic rings. The van der Waals surface area contributed by atoms with Crippen LogP contribution in [-0.2, 0) is 0 Å². The summed E-state index contributed by atoms with van der Waals surface area (Å²) in [5.74, 6) is 2.03. The Morgan fingerprint density at radius 1 is 0.788 bits per heavy atom. The van der Waals surface area contributed by atoms with Gasteiger partial charge in [0.25, 0.3) is 0 Å². The first-order chi connectivity index (χ1) is 14.5. The van der Waals surface area contributed by atoms with Crippen molar-refractivity contribution >= 4 is 16.6 Å². The number of hydrogen-bond donors (Lipinski definition) is 2. The fourth-order valence-corrected chi connectivity index (χ4v) is 5.14. The first-order valence-corrected chi connectivity index (χ1v) is 18.2. The van der Waals surface area contributed by atoms with Crippen molar-refractivity contribution in [1.29, 1.82) is 0 Å². The highest BCUT2D eigenvalue weighted by Crippen LogP contribution is 2.44. The summed E-state index contributed by atoms with van der Waals surface area (Å²) in [5, 5.41) is 20.8. The smallest absolute Gasteiger partial charge is 0.250 e. The van der Waals surface area contributed by atoms with Crippen LogP contribution in [0.1, 0.15) is 92.2 Å². The van der Waals surface area contributed by atoms with Crippen molar-refractivity contribution in [1.82, 2.24) is 0 Å². The lowest BCUT2D eigenvalue weighted by atomic mass is 9.89. The predicted molar refractivity (Wildman–Crippen MR) is 147 cm³/mol. The van der Waals surface area contributed by atoms with Crippen LogP contribution >= 0.6 is 0 Å². The molecule has 0 radical (unpaired) electrons. The summed E-state index contributed by atoms with van der Waals surface area (Å²) in [5.41, 5.74) is 1.12. The Morgan fingerprint density at radius 2 is 1.21 bits per heavy atom. The number of hydrogen-bond acceptors (Lipinski definition) is 4. The summed E-state index contributed by atoms with van der Waals surface area (Å²) in [4.78, 5) is 0. The van der Waals surface area contributed by atoms with E-state index in [2.05, 4.69) is 93.7 Å². The van der Waals surface area contributed by atoms with E-state index in [1.54, 1.807) is 13.8 Å². The van der Waals surface area contributed by atoms with Crippen LogP contribution in [0.25, 0.3) is 0 Å². The van der Waals surface area contributed by atoms with Crippen LogP contribution in [-0.4, -0.2) is 38.6 Å². The van der Waals surface area contributed by atoms with E-state index < -0.39 is 28.3 Å². The minimum absolute atomic E-state index is 0.0921. The summed E-state index contributed by atoms with van der Waals surface area (Å²) in [7, 11) is -4.03.